The molecule has 0 aromatic carbocycles. The van der Waals surface area contributed by atoms with E-state index in [2.05, 4.69) is 4.99 Å². The van der Waals surface area contributed by atoms with E-state index in [0.717, 1.165) is 0 Å². The molecule has 0 N–H and O–H groups in total. The first kappa shape index (κ1) is 5.48. The van der Waals surface area contributed by atoms with Crippen molar-refractivity contribution in [2.75, 3.05) is 0 Å². The van der Waals surface area contributed by atoms with E-state index in [0.29, 0.717) is 0 Å². The first-order chi connectivity index (χ1) is 3.60. The Balaban J connectivity index is 2.84. The highest BCUT2D eigenvalue weighted by atomic mass is 19.1. The molecule has 0 saturated carbocycles. The van der Waals surface area contributed by atoms with Crippen molar-refractivity contribution in [3.05, 3.63) is 12.0 Å². The molecule has 0 amide bonds. The van der Waals surface area contributed by atoms with Crippen molar-refractivity contribution in [2.24, 2.45) is 10.4 Å². The Labute approximate surface area is 47.9 Å². The van der Waals surface area contributed by atoms with Crippen LogP contribution in [-0.2, 0) is 0 Å². The third-order valence-electron chi connectivity index (χ3n) is 1.01. The zero-order chi connectivity index (χ0) is 6.20. The molecule has 1 heterocycles. The molecule has 44 valence electrons. The van der Waals surface area contributed by atoms with E-state index < -0.39 is 0 Å². The number of rotatable bonds is 0. The van der Waals surface area contributed by atoms with Crippen LogP contribution in [0.15, 0.2) is 17.0 Å². The first-order valence-electron chi connectivity index (χ1n) is 2.54. The summed E-state index contributed by atoms with van der Waals surface area (Å²) in [6, 6.07) is 0. The molecule has 0 aromatic rings. The Hall–Kier alpha value is -0.660. The lowest BCUT2D eigenvalue weighted by molar-refractivity contribution is 0.613. The van der Waals surface area contributed by atoms with Crippen LogP contribution in [0.25, 0.3) is 0 Å². The summed E-state index contributed by atoms with van der Waals surface area (Å²) in [6.45, 7) is 3.81. The van der Waals surface area contributed by atoms with Crippen molar-refractivity contribution < 1.29 is 4.39 Å². The van der Waals surface area contributed by atoms with Gasteiger partial charge in [0.1, 0.15) is 0 Å². The van der Waals surface area contributed by atoms with E-state index in [9.17, 15) is 4.39 Å². The monoisotopic (exact) mass is 113 g/mol. The predicted octanol–water partition coefficient (Wildman–Crippen LogP) is 1.91. The highest BCUT2D eigenvalue weighted by Crippen LogP contribution is 2.23. The van der Waals surface area contributed by atoms with E-state index in [4.69, 9.17) is 0 Å². The second-order valence-corrected chi connectivity index (χ2v) is 2.55. The van der Waals surface area contributed by atoms with Crippen LogP contribution in [0.5, 0.6) is 0 Å². The van der Waals surface area contributed by atoms with Gasteiger partial charge in [0.25, 0.3) is 0 Å². The molecule has 0 bridgehead atoms. The lowest BCUT2D eigenvalue weighted by Gasteiger charge is -2.05. The molecule has 0 aromatic heterocycles. The van der Waals surface area contributed by atoms with Gasteiger partial charge in [-0.15, -0.1) is 0 Å². The van der Waals surface area contributed by atoms with Crippen LogP contribution in [0.3, 0.4) is 0 Å². The number of aliphatic imine (C=N–C) groups is 1. The van der Waals surface area contributed by atoms with Gasteiger partial charge in [-0.3, -0.25) is 0 Å². The SMILES string of the molecule is CC1(C)C=NC(F)=C1. The summed E-state index contributed by atoms with van der Waals surface area (Å²) >= 11 is 0. The molecule has 1 nitrogen and oxygen atoms in total. The van der Waals surface area contributed by atoms with Crippen LogP contribution < -0.4 is 0 Å². The molecular weight excluding hydrogens is 105 g/mol. The van der Waals surface area contributed by atoms with E-state index >= 15 is 0 Å². The Morgan fingerprint density at radius 3 is 2.38 bits per heavy atom. The van der Waals surface area contributed by atoms with Crippen molar-refractivity contribution in [2.45, 2.75) is 13.8 Å². The highest BCUT2D eigenvalue weighted by Gasteiger charge is 2.17. The maximum atomic E-state index is 12.1. The summed E-state index contributed by atoms with van der Waals surface area (Å²) in [6.07, 6.45) is 3.09. The first-order valence-corrected chi connectivity index (χ1v) is 2.54. The molecule has 0 radical (unpaired) electrons. The quantitative estimate of drug-likeness (QED) is 0.425. The Kier molecular flexibility index (Phi) is 0.962. The number of halogens is 1. The van der Waals surface area contributed by atoms with Crippen LogP contribution in [0.4, 0.5) is 4.39 Å². The van der Waals surface area contributed by atoms with Crippen LogP contribution in [0.2, 0.25) is 0 Å². The van der Waals surface area contributed by atoms with Crippen LogP contribution in [0.1, 0.15) is 13.8 Å². The lowest BCUT2D eigenvalue weighted by atomic mass is 9.97. The van der Waals surface area contributed by atoms with Gasteiger partial charge in [-0.25, -0.2) is 4.99 Å². The summed E-state index contributed by atoms with van der Waals surface area (Å²) in [5, 5.41) is 0. The second kappa shape index (κ2) is 1.41. The van der Waals surface area contributed by atoms with Gasteiger partial charge >= 0.3 is 0 Å². The van der Waals surface area contributed by atoms with Gasteiger partial charge in [-0.1, -0.05) is 13.8 Å². The van der Waals surface area contributed by atoms with E-state index in [1.807, 2.05) is 13.8 Å². The average Bonchev–Trinajstić information content (AvgIpc) is 1.82. The van der Waals surface area contributed by atoms with Crippen LogP contribution in [0, 0.1) is 5.41 Å². The van der Waals surface area contributed by atoms with Crippen LogP contribution >= 0.6 is 0 Å². The maximum absolute atomic E-state index is 12.1. The predicted molar refractivity (Wildman–Crippen MR) is 31.5 cm³/mol. The summed E-state index contributed by atoms with van der Waals surface area (Å²) in [5.74, 6) is -0.366. The molecule has 0 unspecified atom stereocenters. The average molecular weight is 113 g/mol. The van der Waals surface area contributed by atoms with Crippen molar-refractivity contribution >= 4 is 6.21 Å². The lowest BCUT2D eigenvalue weighted by Crippen LogP contribution is -2.04. The van der Waals surface area contributed by atoms with Crippen molar-refractivity contribution in [1.29, 1.82) is 0 Å². The fourth-order valence-corrected chi connectivity index (χ4v) is 0.610. The largest absolute Gasteiger partial charge is 0.232 e. The molecule has 0 atom stereocenters. The minimum absolute atomic E-state index is 0.163. The summed E-state index contributed by atoms with van der Waals surface area (Å²) in [4.78, 5) is 3.46. The fraction of sp³-hybridized carbons (Fsp3) is 0.500. The Morgan fingerprint density at radius 2 is 2.25 bits per heavy atom. The molecular formula is C6H8FN. The van der Waals surface area contributed by atoms with Gasteiger partial charge in [-0.05, 0) is 6.08 Å². The molecule has 1 aliphatic rings. The van der Waals surface area contributed by atoms with Gasteiger partial charge < -0.3 is 0 Å². The van der Waals surface area contributed by atoms with Gasteiger partial charge in [0.2, 0.25) is 5.95 Å². The molecule has 1 rings (SSSR count). The molecule has 0 spiro atoms. The number of nitrogens with zero attached hydrogens (tertiary/aromatic N) is 1. The Bertz CT molecular complexity index is 156. The minimum Gasteiger partial charge on any atom is -0.232 e. The van der Waals surface area contributed by atoms with Crippen molar-refractivity contribution in [3.8, 4) is 0 Å². The minimum atomic E-state index is -0.366. The maximum Gasteiger partial charge on any atom is 0.209 e. The van der Waals surface area contributed by atoms with E-state index in [1.165, 1.54) is 6.08 Å². The second-order valence-electron chi connectivity index (χ2n) is 2.55. The molecule has 0 saturated heterocycles. The zero-order valence-electron chi connectivity index (χ0n) is 4.98. The number of hydrogen-bond donors (Lipinski definition) is 0. The van der Waals surface area contributed by atoms with E-state index in [-0.39, 0.29) is 11.4 Å². The molecule has 1 aliphatic heterocycles. The van der Waals surface area contributed by atoms with Gasteiger partial charge in [0.05, 0.1) is 0 Å². The summed E-state index contributed by atoms with van der Waals surface area (Å²) in [5.41, 5.74) is -0.163. The fourth-order valence-electron chi connectivity index (χ4n) is 0.610. The third kappa shape index (κ3) is 0.941. The topological polar surface area (TPSA) is 12.4 Å². The number of hydrogen-bond acceptors (Lipinski definition) is 1. The van der Waals surface area contributed by atoms with Gasteiger partial charge in [-0.2, -0.15) is 4.39 Å². The third-order valence-corrected chi connectivity index (χ3v) is 1.01. The Morgan fingerprint density at radius 1 is 1.62 bits per heavy atom. The smallest absolute Gasteiger partial charge is 0.209 e. The normalized spacial score (nSPS) is 23.6. The standard InChI is InChI=1S/C6H8FN/c1-6(2)3-5(7)8-4-6/h3-4H,1-2H3. The van der Waals surface area contributed by atoms with Gasteiger partial charge in [0.15, 0.2) is 0 Å². The zero-order valence-corrected chi connectivity index (χ0v) is 4.98. The van der Waals surface area contributed by atoms with Crippen LogP contribution in [-0.4, -0.2) is 6.21 Å². The van der Waals surface area contributed by atoms with Crippen molar-refractivity contribution in [3.63, 3.8) is 0 Å². The molecule has 2 heteroatoms. The molecule has 0 fully saturated rings. The highest BCUT2D eigenvalue weighted by molar-refractivity contribution is 5.71. The van der Waals surface area contributed by atoms with Gasteiger partial charge in [0, 0.05) is 11.6 Å². The van der Waals surface area contributed by atoms with Crippen molar-refractivity contribution in [1.82, 2.24) is 0 Å². The number of allylic oxidation sites excluding steroid dienone is 1. The molecule has 0 aliphatic carbocycles. The van der Waals surface area contributed by atoms with E-state index in [1.54, 1.807) is 6.21 Å². The molecule has 8 heavy (non-hydrogen) atoms. The summed E-state index contributed by atoms with van der Waals surface area (Å²) in [7, 11) is 0. The summed E-state index contributed by atoms with van der Waals surface area (Å²) < 4.78 is 12.1.